The molecular weight excluding hydrogens is 935 g/mol. The van der Waals surface area contributed by atoms with Crippen LogP contribution in [0.5, 0.6) is 0 Å². The number of carbonyl (C=O) groups is 8. The van der Waals surface area contributed by atoms with Gasteiger partial charge in [-0.2, -0.15) is 0 Å². The van der Waals surface area contributed by atoms with E-state index in [2.05, 4.69) is 27.3 Å². The number of benzene rings is 3. The van der Waals surface area contributed by atoms with E-state index >= 15 is 0 Å². The number of carboxylic acids is 1. The van der Waals surface area contributed by atoms with Crippen LogP contribution in [-0.2, 0) is 59.1 Å². The normalized spacial score (nSPS) is 17.5. The first-order chi connectivity index (χ1) is 34.1. The number of aryl methyl sites for hydroxylation is 3. The summed E-state index contributed by atoms with van der Waals surface area (Å²) in [5.41, 5.74) is 2.91. The van der Waals surface area contributed by atoms with Gasteiger partial charge in [0.1, 0.15) is 42.4 Å². The fourth-order valence-corrected chi connectivity index (χ4v) is 8.76. The summed E-state index contributed by atoms with van der Waals surface area (Å²) < 4.78 is 10.7. The zero-order valence-electron chi connectivity index (χ0n) is 44.3. The minimum atomic E-state index is -1.21. The molecule has 0 aromatic heterocycles. The van der Waals surface area contributed by atoms with Crippen molar-refractivity contribution in [3.63, 3.8) is 0 Å². The zero-order valence-corrected chi connectivity index (χ0v) is 44.3. The van der Waals surface area contributed by atoms with Crippen molar-refractivity contribution in [3.05, 3.63) is 106 Å². The van der Waals surface area contributed by atoms with Crippen LogP contribution in [0.25, 0.3) is 0 Å². The van der Waals surface area contributed by atoms with Crippen molar-refractivity contribution in [1.29, 1.82) is 0 Å². The molecule has 1 heterocycles. The van der Waals surface area contributed by atoms with Crippen LogP contribution in [0.1, 0.15) is 126 Å². The second kappa shape index (κ2) is 24.2. The van der Waals surface area contributed by atoms with E-state index in [1.807, 2.05) is 54.6 Å². The average Bonchev–Trinajstić information content (AvgIpc) is 3.72. The quantitative estimate of drug-likeness (QED) is 0.109. The van der Waals surface area contributed by atoms with Gasteiger partial charge >= 0.3 is 18.2 Å². The number of aliphatic carboxylic acids is 1. The maximum Gasteiger partial charge on any atom is 0.410 e. The van der Waals surface area contributed by atoms with Gasteiger partial charge in [-0.3, -0.25) is 24.0 Å². The third-order valence-electron chi connectivity index (χ3n) is 12.5. The average molecular weight is 1010 g/mol. The molecule has 5 N–H and O–H groups in total. The molecule has 1 saturated heterocycles. The smallest absolute Gasteiger partial charge is 0.410 e. The highest BCUT2D eigenvalue weighted by molar-refractivity contribution is 5.96. The van der Waals surface area contributed by atoms with Crippen molar-refractivity contribution >= 4 is 47.7 Å². The second-order valence-corrected chi connectivity index (χ2v) is 22.3. The van der Waals surface area contributed by atoms with Crippen LogP contribution in [0.15, 0.2) is 72.8 Å². The van der Waals surface area contributed by atoms with Crippen molar-refractivity contribution in [1.82, 2.24) is 36.0 Å². The Morgan fingerprint density at radius 1 is 0.699 bits per heavy atom. The molecule has 1 aliphatic carbocycles. The van der Waals surface area contributed by atoms with E-state index in [0.29, 0.717) is 24.0 Å². The SMILES string of the molecule is CN(CC(=O)NC(Cc1ccc(CCc2ccc(C(=O)NC3CC(C(=O)NC4CCCc5ccccc54)N(C(=O)C(NC(=O)CN(C)C(=O)OC(C)(C)C)C(C)(C)C)C3)cc2)cc1)C(=O)O)C(=O)OC(C)(C)C. The van der Waals surface area contributed by atoms with Gasteiger partial charge < -0.3 is 50.5 Å². The largest absolute Gasteiger partial charge is 0.480 e. The molecule has 5 atom stereocenters. The summed E-state index contributed by atoms with van der Waals surface area (Å²) in [5, 5.41) is 21.4. The fourth-order valence-electron chi connectivity index (χ4n) is 8.76. The lowest BCUT2D eigenvalue weighted by Gasteiger charge is -2.36. The van der Waals surface area contributed by atoms with E-state index in [1.54, 1.807) is 74.4 Å². The molecule has 5 unspecified atom stereocenters. The number of hydrogen-bond donors (Lipinski definition) is 5. The van der Waals surface area contributed by atoms with E-state index < -0.39 is 76.7 Å². The second-order valence-electron chi connectivity index (χ2n) is 22.3. The molecule has 73 heavy (non-hydrogen) atoms. The van der Waals surface area contributed by atoms with Gasteiger partial charge in [-0.05, 0) is 125 Å². The summed E-state index contributed by atoms with van der Waals surface area (Å²) in [5.74, 6) is -3.65. The Balaban J connectivity index is 1.21. The molecule has 0 spiro atoms. The fraction of sp³-hybridized carbons (Fsp3) is 0.527. The molecular formula is C55H75N7O11. The predicted octanol–water partition coefficient (Wildman–Crippen LogP) is 5.74. The number of likely N-dealkylation sites (tertiary alicyclic amines) is 1. The summed E-state index contributed by atoms with van der Waals surface area (Å²) in [6.45, 7) is 15.0. The number of likely N-dealkylation sites (N-methyl/N-ethyl adjacent to an activating group) is 2. The van der Waals surface area contributed by atoms with E-state index in [0.717, 1.165) is 51.3 Å². The van der Waals surface area contributed by atoms with Gasteiger partial charge in [0.15, 0.2) is 0 Å². The van der Waals surface area contributed by atoms with Gasteiger partial charge in [-0.15, -0.1) is 0 Å². The lowest BCUT2D eigenvalue weighted by molar-refractivity contribution is -0.144. The molecule has 1 fully saturated rings. The molecule has 5 rings (SSSR count). The first-order valence-electron chi connectivity index (χ1n) is 24.9. The highest BCUT2D eigenvalue weighted by Gasteiger charge is 2.46. The lowest BCUT2D eigenvalue weighted by atomic mass is 9.85. The molecule has 3 aromatic carbocycles. The monoisotopic (exact) mass is 1010 g/mol. The standard InChI is InChI=1S/C55H75N7O11/c1-53(2,3)46(59-45(64)33-61(11)52(71)73-55(7,8)9)49(67)62-31-39(30-43(62)48(66)58-41-18-14-16-37-15-12-13-17-40(37)41)56-47(65)38-27-25-35(26-28-38)20-19-34-21-23-36(24-22-34)29-42(50(68)69)57-44(63)32-60(10)51(70)72-54(4,5)6/h12-13,15,17,21-28,39,41-43,46H,14,16,18-20,29-33H2,1-11H3,(H,56,65)(H,57,63)(H,58,66)(H,59,64)(H,68,69). The summed E-state index contributed by atoms with van der Waals surface area (Å²) in [7, 11) is 2.83. The van der Waals surface area contributed by atoms with Gasteiger partial charge in [-0.25, -0.2) is 14.4 Å². The first-order valence-corrected chi connectivity index (χ1v) is 24.9. The number of fused-ring (bicyclic) bond motifs is 1. The number of carbonyl (C=O) groups excluding carboxylic acids is 7. The van der Waals surface area contributed by atoms with E-state index in [4.69, 9.17) is 9.47 Å². The summed E-state index contributed by atoms with van der Waals surface area (Å²) in [6, 6.07) is 18.5. The molecule has 0 bridgehead atoms. The van der Waals surface area contributed by atoms with Gasteiger partial charge in [-0.1, -0.05) is 81.4 Å². The summed E-state index contributed by atoms with van der Waals surface area (Å²) >= 11 is 0. The zero-order chi connectivity index (χ0) is 54.0. The minimum absolute atomic E-state index is 0.0140. The number of ether oxygens (including phenoxy) is 2. The Morgan fingerprint density at radius 2 is 1.22 bits per heavy atom. The minimum Gasteiger partial charge on any atom is -0.480 e. The van der Waals surface area contributed by atoms with Crippen molar-refractivity contribution < 1.29 is 52.9 Å². The third-order valence-corrected chi connectivity index (χ3v) is 12.5. The third kappa shape index (κ3) is 17.1. The van der Waals surface area contributed by atoms with Crippen molar-refractivity contribution in [2.45, 2.75) is 149 Å². The van der Waals surface area contributed by atoms with Crippen molar-refractivity contribution in [2.24, 2.45) is 5.41 Å². The first kappa shape index (κ1) is 56.9. The van der Waals surface area contributed by atoms with E-state index in [1.165, 1.54) is 19.0 Å². The number of nitrogens with zero attached hydrogens (tertiary/aromatic N) is 3. The summed E-state index contributed by atoms with van der Waals surface area (Å²) in [6.07, 6.45) is 2.59. The van der Waals surface area contributed by atoms with Gasteiger partial charge in [0, 0.05) is 38.7 Å². The van der Waals surface area contributed by atoms with Crippen molar-refractivity contribution in [3.8, 4) is 0 Å². The summed E-state index contributed by atoms with van der Waals surface area (Å²) in [4.78, 5) is 110. The number of rotatable bonds is 17. The van der Waals surface area contributed by atoms with E-state index in [-0.39, 0.29) is 50.3 Å². The highest BCUT2D eigenvalue weighted by Crippen LogP contribution is 2.32. The Bertz CT molecular complexity index is 2470. The Kier molecular flexibility index (Phi) is 18.8. The maximum atomic E-state index is 14.7. The van der Waals surface area contributed by atoms with Crippen LogP contribution in [0.3, 0.4) is 0 Å². The molecule has 2 aliphatic rings. The van der Waals surface area contributed by atoms with Gasteiger partial charge in [0.2, 0.25) is 23.6 Å². The number of nitrogens with one attached hydrogen (secondary N) is 4. The Labute approximate surface area is 429 Å². The van der Waals surface area contributed by atoms with Crippen LogP contribution < -0.4 is 21.3 Å². The predicted molar refractivity (Wildman–Crippen MR) is 274 cm³/mol. The van der Waals surface area contributed by atoms with Crippen LogP contribution in [0.2, 0.25) is 0 Å². The molecule has 18 nitrogen and oxygen atoms in total. The van der Waals surface area contributed by atoms with Crippen LogP contribution in [0, 0.1) is 5.41 Å². The Morgan fingerprint density at radius 3 is 1.75 bits per heavy atom. The van der Waals surface area contributed by atoms with Gasteiger partial charge in [0.25, 0.3) is 5.91 Å². The lowest BCUT2D eigenvalue weighted by Crippen LogP contribution is -2.59. The van der Waals surface area contributed by atoms with Crippen LogP contribution in [-0.4, -0.2) is 137 Å². The molecule has 1 aliphatic heterocycles. The maximum absolute atomic E-state index is 14.7. The van der Waals surface area contributed by atoms with Crippen LogP contribution in [0.4, 0.5) is 9.59 Å². The number of hydrogen-bond acceptors (Lipinski definition) is 10. The highest BCUT2D eigenvalue weighted by atomic mass is 16.6. The molecule has 18 heteroatoms. The van der Waals surface area contributed by atoms with E-state index in [9.17, 15) is 43.5 Å². The molecule has 0 radical (unpaired) electrons. The number of amides is 7. The molecule has 7 amide bonds. The molecule has 0 saturated carbocycles. The topological polar surface area (TPSA) is 233 Å². The molecule has 396 valence electrons. The molecule has 3 aromatic rings. The van der Waals surface area contributed by atoms with Crippen LogP contribution >= 0.6 is 0 Å². The van der Waals surface area contributed by atoms with Crippen molar-refractivity contribution in [2.75, 3.05) is 33.7 Å². The number of carboxylic acid groups (broad SMARTS) is 1. The Hall–Kier alpha value is -6.98. The van der Waals surface area contributed by atoms with Gasteiger partial charge in [0.05, 0.1) is 6.04 Å².